The van der Waals surface area contributed by atoms with Crippen molar-refractivity contribution in [2.45, 2.75) is 6.92 Å². The number of halogens is 3. The Morgan fingerprint density at radius 1 is 0.970 bits per heavy atom. The van der Waals surface area contributed by atoms with Crippen LogP contribution < -0.4 is 15.5 Å². The van der Waals surface area contributed by atoms with Crippen LogP contribution in [0.15, 0.2) is 70.2 Å². The monoisotopic (exact) mass is 547 g/mol. The predicted molar refractivity (Wildman–Crippen MR) is 131 cm³/mol. The van der Waals surface area contributed by atoms with Gasteiger partial charge in [0.2, 0.25) is 0 Å². The lowest BCUT2D eigenvalue weighted by atomic mass is 10.2. The minimum Gasteiger partial charge on any atom is -0.422 e. The third-order valence-corrected chi connectivity index (χ3v) is 5.50. The van der Waals surface area contributed by atoms with E-state index in [0.717, 1.165) is 5.56 Å². The Morgan fingerprint density at radius 3 is 2.45 bits per heavy atom. The molecule has 168 valence electrons. The molecule has 0 spiro atoms. The minimum absolute atomic E-state index is 0.180. The van der Waals surface area contributed by atoms with Crippen molar-refractivity contribution in [3.63, 3.8) is 0 Å². The number of hydrazone groups is 1. The molecule has 0 aliphatic rings. The van der Waals surface area contributed by atoms with Crippen LogP contribution in [-0.2, 0) is 9.59 Å². The number of amides is 2. The molecule has 0 fully saturated rings. The van der Waals surface area contributed by atoms with Crippen LogP contribution in [0.1, 0.15) is 21.5 Å². The van der Waals surface area contributed by atoms with Crippen molar-refractivity contribution < 1.29 is 19.1 Å². The van der Waals surface area contributed by atoms with E-state index in [4.69, 9.17) is 27.9 Å². The van der Waals surface area contributed by atoms with Gasteiger partial charge in [-0.2, -0.15) is 5.10 Å². The second kappa shape index (κ2) is 11.1. The molecular weight excluding hydrogens is 533 g/mol. The van der Waals surface area contributed by atoms with Crippen LogP contribution in [-0.4, -0.2) is 24.0 Å². The van der Waals surface area contributed by atoms with Gasteiger partial charge in [0, 0.05) is 20.7 Å². The Balaban J connectivity index is 1.67. The zero-order valence-electron chi connectivity index (χ0n) is 17.1. The molecule has 2 N–H and O–H groups in total. The highest BCUT2D eigenvalue weighted by molar-refractivity contribution is 9.10. The van der Waals surface area contributed by atoms with E-state index in [1.807, 2.05) is 6.92 Å². The number of carbonyl (C=O) groups excluding carboxylic acids is 3. The first-order valence-electron chi connectivity index (χ1n) is 9.41. The predicted octanol–water partition coefficient (Wildman–Crippen LogP) is 5.37. The maximum atomic E-state index is 12.5. The maximum Gasteiger partial charge on any atom is 0.345 e. The molecule has 3 rings (SSSR count). The van der Waals surface area contributed by atoms with Crippen molar-refractivity contribution in [2.24, 2.45) is 5.10 Å². The second-order valence-corrected chi connectivity index (χ2v) is 8.40. The lowest BCUT2D eigenvalue weighted by Crippen LogP contribution is -2.32. The summed E-state index contributed by atoms with van der Waals surface area (Å²) in [5.41, 5.74) is 3.91. The fourth-order valence-electron chi connectivity index (χ4n) is 2.56. The maximum absolute atomic E-state index is 12.5. The summed E-state index contributed by atoms with van der Waals surface area (Å²) in [4.78, 5) is 36.6. The zero-order valence-corrected chi connectivity index (χ0v) is 20.2. The topological polar surface area (TPSA) is 96.9 Å². The Bertz CT molecular complexity index is 1260. The average molecular weight is 549 g/mol. The molecule has 0 aliphatic heterocycles. The number of carbonyl (C=O) groups is 3. The van der Waals surface area contributed by atoms with Crippen molar-refractivity contribution in [3.8, 4) is 5.75 Å². The summed E-state index contributed by atoms with van der Waals surface area (Å²) in [6, 6.07) is 16.2. The fourth-order valence-corrected chi connectivity index (χ4v) is 3.34. The third kappa shape index (κ3) is 6.64. The quantitative estimate of drug-likeness (QED) is 0.147. The summed E-state index contributed by atoms with van der Waals surface area (Å²) in [6.45, 7) is 1.82. The molecule has 7 nitrogen and oxygen atoms in total. The first-order chi connectivity index (χ1) is 15.7. The van der Waals surface area contributed by atoms with E-state index in [1.54, 1.807) is 48.5 Å². The molecule has 10 heteroatoms. The highest BCUT2D eigenvalue weighted by Crippen LogP contribution is 2.24. The van der Waals surface area contributed by atoms with Gasteiger partial charge in [-0.15, -0.1) is 0 Å². The van der Waals surface area contributed by atoms with E-state index in [0.29, 0.717) is 20.7 Å². The lowest BCUT2D eigenvalue weighted by Gasteiger charge is -2.09. The molecule has 0 heterocycles. The van der Waals surface area contributed by atoms with Crippen LogP contribution in [0.3, 0.4) is 0 Å². The number of esters is 1. The Hall–Kier alpha value is -3.20. The average Bonchev–Trinajstić information content (AvgIpc) is 2.78. The molecular formula is C23H16BrCl2N3O4. The van der Waals surface area contributed by atoms with Gasteiger partial charge in [0.05, 0.1) is 16.8 Å². The Morgan fingerprint density at radius 2 is 1.73 bits per heavy atom. The smallest absolute Gasteiger partial charge is 0.345 e. The first kappa shape index (κ1) is 24.4. The summed E-state index contributed by atoms with van der Waals surface area (Å²) in [5.74, 6) is -2.39. The standard InChI is InChI=1S/C23H16BrCl2N3O4/c1-13-6-8-16(11-19(13)26)28-21(30)22(31)29-27-12-14-10-15(24)7-9-20(14)33-23(32)17-4-2-3-5-18(17)25/h2-12H,1H3,(H,28,30)(H,29,31)/b27-12+. The highest BCUT2D eigenvalue weighted by atomic mass is 79.9. The Labute approximate surface area is 207 Å². The molecule has 0 aromatic heterocycles. The van der Waals surface area contributed by atoms with Gasteiger partial charge in [0.25, 0.3) is 0 Å². The summed E-state index contributed by atoms with van der Waals surface area (Å²) < 4.78 is 6.11. The number of nitrogens with zero attached hydrogens (tertiary/aromatic N) is 1. The van der Waals surface area contributed by atoms with Crippen LogP contribution in [0.2, 0.25) is 10.0 Å². The van der Waals surface area contributed by atoms with Crippen molar-refractivity contribution in [2.75, 3.05) is 5.32 Å². The van der Waals surface area contributed by atoms with E-state index < -0.39 is 17.8 Å². The molecule has 3 aromatic rings. The van der Waals surface area contributed by atoms with Crippen LogP contribution in [0.4, 0.5) is 5.69 Å². The normalized spacial score (nSPS) is 10.7. The number of aryl methyl sites for hydroxylation is 1. The zero-order chi connectivity index (χ0) is 24.0. The van der Waals surface area contributed by atoms with E-state index in [1.165, 1.54) is 18.3 Å². The number of nitrogens with one attached hydrogen (secondary N) is 2. The number of hydrogen-bond acceptors (Lipinski definition) is 5. The minimum atomic E-state index is -0.993. The molecule has 0 saturated heterocycles. The number of anilines is 1. The summed E-state index contributed by atoms with van der Waals surface area (Å²) >= 11 is 15.4. The van der Waals surface area contributed by atoms with Crippen LogP contribution in [0, 0.1) is 6.92 Å². The van der Waals surface area contributed by atoms with Gasteiger partial charge in [-0.3, -0.25) is 9.59 Å². The van der Waals surface area contributed by atoms with E-state index in [9.17, 15) is 14.4 Å². The molecule has 0 atom stereocenters. The molecule has 3 aromatic carbocycles. The number of hydrogen-bond donors (Lipinski definition) is 2. The lowest BCUT2D eigenvalue weighted by molar-refractivity contribution is -0.136. The largest absolute Gasteiger partial charge is 0.422 e. The third-order valence-electron chi connectivity index (χ3n) is 4.27. The molecule has 0 radical (unpaired) electrons. The number of benzene rings is 3. The van der Waals surface area contributed by atoms with Crippen LogP contribution in [0.25, 0.3) is 0 Å². The van der Waals surface area contributed by atoms with Gasteiger partial charge in [-0.05, 0) is 55.0 Å². The molecule has 33 heavy (non-hydrogen) atoms. The highest BCUT2D eigenvalue weighted by Gasteiger charge is 2.16. The molecule has 0 aliphatic carbocycles. The number of ether oxygens (including phenoxy) is 1. The first-order valence-corrected chi connectivity index (χ1v) is 11.0. The molecule has 0 bridgehead atoms. The van der Waals surface area contributed by atoms with Gasteiger partial charge in [-0.25, -0.2) is 10.2 Å². The van der Waals surface area contributed by atoms with Crippen LogP contribution in [0.5, 0.6) is 5.75 Å². The second-order valence-electron chi connectivity index (χ2n) is 6.67. The van der Waals surface area contributed by atoms with Gasteiger partial charge in [-0.1, -0.05) is 57.3 Å². The van der Waals surface area contributed by atoms with Crippen molar-refractivity contribution >= 4 is 68.8 Å². The summed E-state index contributed by atoms with van der Waals surface area (Å²) in [5, 5.41) is 6.93. The molecule has 0 saturated carbocycles. The Kier molecular flexibility index (Phi) is 8.21. The van der Waals surface area contributed by atoms with E-state index in [-0.39, 0.29) is 16.3 Å². The summed E-state index contributed by atoms with van der Waals surface area (Å²) in [7, 11) is 0. The van der Waals surface area contributed by atoms with Gasteiger partial charge >= 0.3 is 17.8 Å². The fraction of sp³-hybridized carbons (Fsp3) is 0.0435. The van der Waals surface area contributed by atoms with E-state index >= 15 is 0 Å². The van der Waals surface area contributed by atoms with Crippen molar-refractivity contribution in [3.05, 3.63) is 91.9 Å². The van der Waals surface area contributed by atoms with Gasteiger partial charge < -0.3 is 10.1 Å². The van der Waals surface area contributed by atoms with Gasteiger partial charge in [0.1, 0.15) is 5.75 Å². The molecule has 0 unspecified atom stereocenters. The SMILES string of the molecule is Cc1ccc(NC(=O)C(=O)N/N=C/c2cc(Br)ccc2OC(=O)c2ccccc2Cl)cc1Cl. The summed E-state index contributed by atoms with van der Waals surface area (Å²) in [6.07, 6.45) is 1.24. The molecule has 2 amide bonds. The van der Waals surface area contributed by atoms with Crippen molar-refractivity contribution in [1.82, 2.24) is 5.43 Å². The van der Waals surface area contributed by atoms with Crippen molar-refractivity contribution in [1.29, 1.82) is 0 Å². The number of rotatable bonds is 5. The van der Waals surface area contributed by atoms with E-state index in [2.05, 4.69) is 31.8 Å². The van der Waals surface area contributed by atoms with Crippen LogP contribution >= 0.6 is 39.1 Å². The van der Waals surface area contributed by atoms with Gasteiger partial charge in [0.15, 0.2) is 0 Å².